The van der Waals surface area contributed by atoms with Gasteiger partial charge in [-0.25, -0.2) is 0 Å². The number of carbonyl (C=O) groups is 4. The number of Topliss-reactive ketones (excluding diaryl/α,β-unsaturated/α-hetero) is 1. The minimum Gasteiger partial charge on any atom is -0.391 e. The summed E-state index contributed by atoms with van der Waals surface area (Å²) in [6.45, 7) is 3.58. The largest absolute Gasteiger partial charge is 0.391 e. The number of nitrogens with one attached hydrogen (secondary N) is 4. The molecule has 0 spiro atoms. The van der Waals surface area contributed by atoms with Crippen molar-refractivity contribution in [3.63, 3.8) is 0 Å². The molecule has 3 aromatic carbocycles. The number of ketones is 1. The van der Waals surface area contributed by atoms with Crippen LogP contribution in [0.2, 0.25) is 0 Å². The topological polar surface area (TPSA) is 140 Å². The lowest BCUT2D eigenvalue weighted by Gasteiger charge is -2.24. The van der Waals surface area contributed by atoms with Gasteiger partial charge in [0.1, 0.15) is 12.1 Å². The van der Waals surface area contributed by atoms with Crippen molar-refractivity contribution in [3.8, 4) is 0 Å². The minimum absolute atomic E-state index is 0.152. The van der Waals surface area contributed by atoms with Gasteiger partial charge in [0.25, 0.3) is 11.7 Å². The van der Waals surface area contributed by atoms with Crippen molar-refractivity contribution < 1.29 is 24.3 Å². The summed E-state index contributed by atoms with van der Waals surface area (Å²) in [4.78, 5) is 55.2. The van der Waals surface area contributed by atoms with Gasteiger partial charge in [-0.3, -0.25) is 19.2 Å². The molecule has 0 bridgehead atoms. The Morgan fingerprint density at radius 1 is 0.829 bits per heavy atom. The van der Waals surface area contributed by atoms with Crippen LogP contribution in [-0.4, -0.2) is 51.8 Å². The normalized spacial score (nSPS) is 13.1. The van der Waals surface area contributed by atoms with E-state index in [9.17, 15) is 24.3 Å². The maximum Gasteiger partial charge on any atom is 0.293 e. The van der Waals surface area contributed by atoms with Gasteiger partial charge in [-0.15, -0.1) is 0 Å². The lowest BCUT2D eigenvalue weighted by Crippen LogP contribution is -2.57. The highest BCUT2D eigenvalue weighted by Gasteiger charge is 2.32. The highest BCUT2D eigenvalue weighted by atomic mass is 16.3. The number of amides is 3. The summed E-state index contributed by atoms with van der Waals surface area (Å²) in [6, 6.07) is 21.9. The molecule has 9 nitrogen and oxygen atoms in total. The molecule has 0 radical (unpaired) electrons. The monoisotopic (exact) mass is 554 g/mol. The molecule has 0 aliphatic heterocycles. The fraction of sp³-hybridized carbons (Fsp3) is 0.250. The van der Waals surface area contributed by atoms with E-state index >= 15 is 0 Å². The predicted octanol–water partition coefficient (Wildman–Crippen LogP) is 2.96. The molecule has 3 amide bonds. The van der Waals surface area contributed by atoms with Crippen LogP contribution < -0.4 is 16.0 Å². The van der Waals surface area contributed by atoms with Gasteiger partial charge in [0.05, 0.1) is 11.7 Å². The van der Waals surface area contributed by atoms with Crippen molar-refractivity contribution in [1.29, 1.82) is 0 Å². The Bertz CT molecular complexity index is 1510. The molecular formula is C32H34N4O5. The average molecular weight is 555 g/mol. The van der Waals surface area contributed by atoms with Gasteiger partial charge in [0, 0.05) is 23.6 Å². The molecule has 5 N–H and O–H groups in total. The third-order valence-electron chi connectivity index (χ3n) is 6.88. The number of hydrogen-bond acceptors (Lipinski definition) is 5. The summed E-state index contributed by atoms with van der Waals surface area (Å²) in [6.07, 6.45) is 0.890. The molecule has 1 aromatic heterocycles. The maximum absolute atomic E-state index is 13.3. The number of fused-ring (bicyclic) bond motifs is 1. The number of benzene rings is 3. The zero-order valence-electron chi connectivity index (χ0n) is 23.0. The number of aromatic amines is 1. The first-order valence-corrected chi connectivity index (χ1v) is 13.5. The Balaban J connectivity index is 1.45. The predicted molar refractivity (Wildman–Crippen MR) is 156 cm³/mol. The van der Waals surface area contributed by atoms with Crippen molar-refractivity contribution in [2.75, 3.05) is 0 Å². The summed E-state index contributed by atoms with van der Waals surface area (Å²) < 4.78 is 0. The van der Waals surface area contributed by atoms with Crippen LogP contribution in [0.15, 0.2) is 85.1 Å². The van der Waals surface area contributed by atoms with Gasteiger partial charge in [-0.1, -0.05) is 78.4 Å². The molecule has 0 fully saturated rings. The molecule has 0 saturated carbocycles. The van der Waals surface area contributed by atoms with E-state index < -0.39 is 41.7 Å². The summed E-state index contributed by atoms with van der Waals surface area (Å²) in [5.41, 5.74) is 3.83. The number of carbonyl (C=O) groups excluding carboxylic acids is 4. The van der Waals surface area contributed by atoms with E-state index in [2.05, 4.69) is 20.9 Å². The highest BCUT2D eigenvalue weighted by Crippen LogP contribution is 2.18. The van der Waals surface area contributed by atoms with Gasteiger partial charge >= 0.3 is 0 Å². The van der Waals surface area contributed by atoms with Crippen LogP contribution in [0.1, 0.15) is 40.4 Å². The zero-order valence-corrected chi connectivity index (χ0v) is 23.0. The Morgan fingerprint density at radius 2 is 1.51 bits per heavy atom. The third kappa shape index (κ3) is 7.67. The summed E-state index contributed by atoms with van der Waals surface area (Å²) in [5.74, 6) is -3.07. The molecule has 212 valence electrons. The zero-order chi connectivity index (χ0) is 29.4. The van der Waals surface area contributed by atoms with E-state index in [0.29, 0.717) is 17.3 Å². The van der Waals surface area contributed by atoms with Crippen molar-refractivity contribution >= 4 is 34.4 Å². The van der Waals surface area contributed by atoms with Crippen molar-refractivity contribution in [2.45, 2.75) is 51.4 Å². The standard InChI is InChI=1S/C32H34N4O5/c1-20-12-14-23(15-13-20)18-34-30(39)27(17-16-22-8-4-3-5-9-22)35-31(40)28(21(2)37)36-32(41)29(38)25-19-33-26-11-7-6-10-24(25)26/h3-15,19,21,27-28,33,37H,16-18H2,1-2H3,(H,34,39)(H,35,40)(H,36,41)/t21-,27+,28+/m1/s1. The lowest BCUT2D eigenvalue weighted by atomic mass is 10.0. The summed E-state index contributed by atoms with van der Waals surface area (Å²) in [5, 5.41) is 18.8. The Hall–Kier alpha value is -4.76. The summed E-state index contributed by atoms with van der Waals surface area (Å²) in [7, 11) is 0. The molecule has 0 aliphatic carbocycles. The first kappa shape index (κ1) is 29.2. The molecule has 9 heteroatoms. The molecule has 0 aliphatic rings. The SMILES string of the molecule is Cc1ccc(CNC(=O)[C@H](CCc2ccccc2)NC(=O)[C@@H](NC(=O)C(=O)c2c[nH]c3ccccc23)[C@@H](C)O)cc1. The van der Waals surface area contributed by atoms with Crippen LogP contribution in [0.3, 0.4) is 0 Å². The number of aliphatic hydroxyl groups is 1. The van der Waals surface area contributed by atoms with Crippen molar-refractivity contribution in [1.82, 2.24) is 20.9 Å². The molecule has 41 heavy (non-hydrogen) atoms. The van der Waals surface area contributed by atoms with Crippen LogP contribution in [0.25, 0.3) is 10.9 Å². The molecule has 0 unspecified atom stereocenters. The second-order valence-corrected chi connectivity index (χ2v) is 10.1. The lowest BCUT2D eigenvalue weighted by molar-refractivity contribution is -0.133. The summed E-state index contributed by atoms with van der Waals surface area (Å²) >= 11 is 0. The van der Waals surface area contributed by atoms with Crippen LogP contribution in [0, 0.1) is 6.92 Å². The van der Waals surface area contributed by atoms with Crippen molar-refractivity contribution in [2.24, 2.45) is 0 Å². The van der Waals surface area contributed by atoms with Gasteiger partial charge < -0.3 is 26.0 Å². The van der Waals surface area contributed by atoms with E-state index in [0.717, 1.165) is 16.7 Å². The van der Waals surface area contributed by atoms with Crippen LogP contribution in [0.5, 0.6) is 0 Å². The Labute approximate surface area is 238 Å². The Morgan fingerprint density at radius 3 is 2.22 bits per heavy atom. The number of H-pyrrole nitrogens is 1. The fourth-order valence-electron chi connectivity index (χ4n) is 4.50. The quantitative estimate of drug-likeness (QED) is 0.135. The van der Waals surface area contributed by atoms with E-state index in [4.69, 9.17) is 0 Å². The second-order valence-electron chi connectivity index (χ2n) is 10.1. The minimum atomic E-state index is -1.46. The molecule has 3 atom stereocenters. The molecule has 0 saturated heterocycles. The maximum atomic E-state index is 13.3. The van der Waals surface area contributed by atoms with E-state index in [1.807, 2.05) is 61.5 Å². The van der Waals surface area contributed by atoms with E-state index in [-0.39, 0.29) is 18.5 Å². The van der Waals surface area contributed by atoms with Crippen LogP contribution in [0.4, 0.5) is 0 Å². The number of aryl methyl sites for hydroxylation is 2. The van der Waals surface area contributed by atoms with Crippen LogP contribution in [-0.2, 0) is 27.3 Å². The van der Waals surface area contributed by atoms with E-state index in [1.54, 1.807) is 24.3 Å². The first-order chi connectivity index (χ1) is 19.7. The number of aliphatic hydroxyl groups excluding tert-OH is 1. The van der Waals surface area contributed by atoms with Gasteiger partial charge in [0.2, 0.25) is 11.8 Å². The number of para-hydroxylation sites is 1. The van der Waals surface area contributed by atoms with Gasteiger partial charge in [-0.05, 0) is 43.9 Å². The number of hydrogen-bond donors (Lipinski definition) is 5. The van der Waals surface area contributed by atoms with Gasteiger partial charge in [-0.2, -0.15) is 0 Å². The highest BCUT2D eigenvalue weighted by molar-refractivity contribution is 6.45. The van der Waals surface area contributed by atoms with E-state index in [1.165, 1.54) is 13.1 Å². The molecular weight excluding hydrogens is 520 g/mol. The average Bonchev–Trinajstić information content (AvgIpc) is 3.41. The third-order valence-corrected chi connectivity index (χ3v) is 6.88. The number of rotatable bonds is 12. The molecule has 1 heterocycles. The number of aromatic nitrogens is 1. The fourth-order valence-corrected chi connectivity index (χ4v) is 4.50. The van der Waals surface area contributed by atoms with Crippen LogP contribution >= 0.6 is 0 Å². The van der Waals surface area contributed by atoms with Gasteiger partial charge in [0.15, 0.2) is 0 Å². The smallest absolute Gasteiger partial charge is 0.293 e. The Kier molecular flexibility index (Phi) is 9.65. The second kappa shape index (κ2) is 13.5. The van der Waals surface area contributed by atoms with Crippen molar-refractivity contribution in [3.05, 3.63) is 107 Å². The molecule has 4 rings (SSSR count). The molecule has 4 aromatic rings. The first-order valence-electron chi connectivity index (χ1n) is 13.5.